The summed E-state index contributed by atoms with van der Waals surface area (Å²) in [7, 11) is 0. The highest BCUT2D eigenvalue weighted by atomic mass is 16.5. The zero-order valence-electron chi connectivity index (χ0n) is 13.4. The molecule has 1 fully saturated rings. The summed E-state index contributed by atoms with van der Waals surface area (Å²) in [5, 5.41) is 5.62. The first-order valence-electron chi connectivity index (χ1n) is 7.98. The fourth-order valence-corrected chi connectivity index (χ4v) is 2.17. The molecule has 1 saturated carbocycles. The van der Waals surface area contributed by atoms with Gasteiger partial charge < -0.3 is 15.4 Å². The second-order valence-electron chi connectivity index (χ2n) is 5.57. The Morgan fingerprint density at radius 3 is 2.38 bits per heavy atom. The molecule has 1 aliphatic carbocycles. The number of ether oxygens (including phenoxy) is 1. The van der Waals surface area contributed by atoms with Crippen molar-refractivity contribution in [1.82, 2.24) is 10.3 Å². The quantitative estimate of drug-likeness (QED) is 0.855. The van der Waals surface area contributed by atoms with E-state index in [2.05, 4.69) is 15.6 Å². The summed E-state index contributed by atoms with van der Waals surface area (Å²) in [4.78, 5) is 28.5. The van der Waals surface area contributed by atoms with E-state index in [1.165, 1.54) is 0 Å². The summed E-state index contributed by atoms with van der Waals surface area (Å²) >= 11 is 0. The molecule has 1 aromatic heterocycles. The standard InChI is InChI=1S/C18H19N3O3/c1-2-24-14-10-8-13(9-11-14)20-18(23)16-5-3-4-15(21-16)17(22)19-12-6-7-12/h3-5,8-12H,2,6-7H2,1H3,(H,19,22)(H,20,23). The van der Waals surface area contributed by atoms with Gasteiger partial charge in [-0.3, -0.25) is 9.59 Å². The van der Waals surface area contributed by atoms with Crippen LogP contribution in [-0.2, 0) is 0 Å². The Morgan fingerprint density at radius 1 is 1.08 bits per heavy atom. The Bertz CT molecular complexity index is 739. The molecule has 0 aliphatic heterocycles. The van der Waals surface area contributed by atoms with E-state index in [1.54, 1.807) is 42.5 Å². The maximum Gasteiger partial charge on any atom is 0.274 e. The van der Waals surface area contributed by atoms with Crippen LogP contribution in [0.25, 0.3) is 0 Å². The van der Waals surface area contributed by atoms with Gasteiger partial charge in [0.05, 0.1) is 6.61 Å². The number of benzene rings is 1. The van der Waals surface area contributed by atoms with Gasteiger partial charge in [0.2, 0.25) is 0 Å². The topological polar surface area (TPSA) is 80.3 Å². The summed E-state index contributed by atoms with van der Waals surface area (Å²) in [5.41, 5.74) is 1.09. The molecule has 24 heavy (non-hydrogen) atoms. The SMILES string of the molecule is CCOc1ccc(NC(=O)c2cccc(C(=O)NC3CC3)n2)cc1. The lowest BCUT2D eigenvalue weighted by atomic mass is 10.2. The number of hydrogen-bond acceptors (Lipinski definition) is 4. The largest absolute Gasteiger partial charge is 0.494 e. The lowest BCUT2D eigenvalue weighted by Gasteiger charge is -2.08. The first kappa shape index (κ1) is 16.0. The van der Waals surface area contributed by atoms with E-state index in [9.17, 15) is 9.59 Å². The number of hydrogen-bond donors (Lipinski definition) is 2. The smallest absolute Gasteiger partial charge is 0.274 e. The van der Waals surface area contributed by atoms with Gasteiger partial charge in [-0.25, -0.2) is 4.98 Å². The Hall–Kier alpha value is -2.89. The van der Waals surface area contributed by atoms with Gasteiger partial charge in [0.1, 0.15) is 17.1 Å². The normalized spacial score (nSPS) is 13.2. The number of amides is 2. The van der Waals surface area contributed by atoms with E-state index in [0.717, 1.165) is 18.6 Å². The average Bonchev–Trinajstić information content (AvgIpc) is 3.41. The number of nitrogens with one attached hydrogen (secondary N) is 2. The maximum atomic E-state index is 12.3. The van der Waals surface area contributed by atoms with E-state index < -0.39 is 0 Å². The third-order valence-corrected chi connectivity index (χ3v) is 3.55. The third kappa shape index (κ3) is 4.10. The van der Waals surface area contributed by atoms with E-state index in [-0.39, 0.29) is 29.2 Å². The molecule has 2 aromatic rings. The molecule has 1 aliphatic rings. The number of carbonyl (C=O) groups is 2. The summed E-state index contributed by atoms with van der Waals surface area (Å²) in [6, 6.07) is 12.2. The van der Waals surface area contributed by atoms with Gasteiger partial charge in [-0.05, 0) is 56.2 Å². The molecule has 0 bridgehead atoms. The van der Waals surface area contributed by atoms with Gasteiger partial charge in [0, 0.05) is 11.7 Å². The number of anilines is 1. The number of pyridine rings is 1. The van der Waals surface area contributed by atoms with Gasteiger partial charge in [0.25, 0.3) is 11.8 Å². The van der Waals surface area contributed by atoms with Crippen molar-refractivity contribution >= 4 is 17.5 Å². The minimum atomic E-state index is -0.361. The molecule has 2 N–H and O–H groups in total. The van der Waals surface area contributed by atoms with Gasteiger partial charge >= 0.3 is 0 Å². The fourth-order valence-electron chi connectivity index (χ4n) is 2.17. The molecule has 0 spiro atoms. The van der Waals surface area contributed by atoms with E-state index >= 15 is 0 Å². The minimum absolute atomic E-state index is 0.201. The van der Waals surface area contributed by atoms with Crippen LogP contribution < -0.4 is 15.4 Å². The fraction of sp³-hybridized carbons (Fsp3) is 0.278. The highest BCUT2D eigenvalue weighted by Gasteiger charge is 2.24. The van der Waals surface area contributed by atoms with Crippen molar-refractivity contribution < 1.29 is 14.3 Å². The summed E-state index contributed by atoms with van der Waals surface area (Å²) in [6.45, 7) is 2.50. The molecule has 0 saturated heterocycles. The Balaban J connectivity index is 1.66. The molecule has 124 valence electrons. The zero-order valence-corrected chi connectivity index (χ0v) is 13.4. The van der Waals surface area contributed by atoms with Crippen molar-refractivity contribution in [3.8, 4) is 5.75 Å². The molecule has 1 aromatic carbocycles. The molecular formula is C18H19N3O3. The molecule has 1 heterocycles. The molecule has 6 heteroatoms. The van der Waals surface area contributed by atoms with Crippen molar-refractivity contribution in [3.05, 3.63) is 53.9 Å². The Kier molecular flexibility index (Phi) is 4.74. The molecule has 0 atom stereocenters. The van der Waals surface area contributed by atoms with Gasteiger partial charge in [-0.1, -0.05) is 6.07 Å². The van der Waals surface area contributed by atoms with E-state index in [4.69, 9.17) is 4.74 Å². The van der Waals surface area contributed by atoms with Crippen LogP contribution in [0.3, 0.4) is 0 Å². The number of carbonyl (C=O) groups excluding carboxylic acids is 2. The van der Waals surface area contributed by atoms with Crippen molar-refractivity contribution in [1.29, 1.82) is 0 Å². The summed E-state index contributed by atoms with van der Waals surface area (Å²) in [5.74, 6) is 0.140. The first-order valence-corrected chi connectivity index (χ1v) is 7.98. The first-order chi connectivity index (χ1) is 11.7. The van der Waals surface area contributed by atoms with Gasteiger partial charge in [-0.2, -0.15) is 0 Å². The van der Waals surface area contributed by atoms with Crippen molar-refractivity contribution in [3.63, 3.8) is 0 Å². The molecule has 0 unspecified atom stereocenters. The maximum absolute atomic E-state index is 12.3. The molecule has 2 amide bonds. The minimum Gasteiger partial charge on any atom is -0.494 e. The number of rotatable bonds is 6. The van der Waals surface area contributed by atoms with Crippen LogP contribution in [0, 0.1) is 0 Å². The summed E-state index contributed by atoms with van der Waals surface area (Å²) in [6.07, 6.45) is 2.01. The molecular weight excluding hydrogens is 306 g/mol. The van der Waals surface area contributed by atoms with Gasteiger partial charge in [-0.15, -0.1) is 0 Å². The van der Waals surface area contributed by atoms with Crippen LogP contribution in [0.1, 0.15) is 40.7 Å². The van der Waals surface area contributed by atoms with Crippen LogP contribution in [0.15, 0.2) is 42.5 Å². The third-order valence-electron chi connectivity index (χ3n) is 3.55. The molecule has 3 rings (SSSR count). The van der Waals surface area contributed by atoms with Crippen molar-refractivity contribution in [2.45, 2.75) is 25.8 Å². The lowest BCUT2D eigenvalue weighted by molar-refractivity contribution is 0.0946. The van der Waals surface area contributed by atoms with Crippen molar-refractivity contribution in [2.24, 2.45) is 0 Å². The van der Waals surface area contributed by atoms with Crippen LogP contribution in [0.2, 0.25) is 0 Å². The van der Waals surface area contributed by atoms with E-state index in [1.807, 2.05) is 6.92 Å². The monoisotopic (exact) mass is 325 g/mol. The zero-order chi connectivity index (χ0) is 16.9. The second kappa shape index (κ2) is 7.12. The van der Waals surface area contributed by atoms with Crippen LogP contribution in [0.4, 0.5) is 5.69 Å². The predicted molar refractivity (Wildman–Crippen MR) is 90.3 cm³/mol. The van der Waals surface area contributed by atoms with Crippen LogP contribution in [0.5, 0.6) is 5.75 Å². The highest BCUT2D eigenvalue weighted by Crippen LogP contribution is 2.19. The number of nitrogens with zero attached hydrogens (tertiary/aromatic N) is 1. The van der Waals surface area contributed by atoms with Crippen LogP contribution in [-0.4, -0.2) is 29.4 Å². The summed E-state index contributed by atoms with van der Waals surface area (Å²) < 4.78 is 5.36. The Labute approximate surface area is 140 Å². The molecule has 6 nitrogen and oxygen atoms in total. The second-order valence-corrected chi connectivity index (χ2v) is 5.57. The highest BCUT2D eigenvalue weighted by molar-refractivity contribution is 6.03. The molecule has 0 radical (unpaired) electrons. The Morgan fingerprint density at radius 2 is 1.75 bits per heavy atom. The number of aromatic nitrogens is 1. The predicted octanol–water partition coefficient (Wildman–Crippen LogP) is 2.62. The lowest BCUT2D eigenvalue weighted by Crippen LogP contribution is -2.27. The average molecular weight is 325 g/mol. The van der Waals surface area contributed by atoms with E-state index in [0.29, 0.717) is 12.3 Å². The van der Waals surface area contributed by atoms with Crippen LogP contribution >= 0.6 is 0 Å². The van der Waals surface area contributed by atoms with Crippen molar-refractivity contribution in [2.75, 3.05) is 11.9 Å². The van der Waals surface area contributed by atoms with Gasteiger partial charge in [0.15, 0.2) is 0 Å².